The van der Waals surface area contributed by atoms with E-state index in [1.54, 1.807) is 0 Å². The lowest BCUT2D eigenvalue weighted by Crippen LogP contribution is -2.34. The molecular weight excluding hydrogens is 218 g/mol. The van der Waals surface area contributed by atoms with E-state index in [2.05, 4.69) is 65.6 Å². The van der Waals surface area contributed by atoms with Crippen LogP contribution < -0.4 is 5.32 Å². The molecule has 1 N–H and O–H groups in total. The minimum absolute atomic E-state index is 0.127. The Morgan fingerprint density at radius 2 is 1.67 bits per heavy atom. The number of rotatable bonds is 3. The second-order valence-corrected chi connectivity index (χ2v) is 6.59. The van der Waals surface area contributed by atoms with Gasteiger partial charge >= 0.3 is 0 Å². The standard InChI is InChI=1S/C17H27N/c1-9-13-11-14(10-12(2)15(13)18-8)17(6,7)16(3,4)5/h9-11,18H,1H2,2-8H3. The first-order chi connectivity index (χ1) is 8.15. The summed E-state index contributed by atoms with van der Waals surface area (Å²) in [5.74, 6) is 0. The van der Waals surface area contributed by atoms with Crippen LogP contribution in [0.2, 0.25) is 0 Å². The summed E-state index contributed by atoms with van der Waals surface area (Å²) in [6, 6.07) is 4.56. The fraction of sp³-hybridized carbons (Fsp3) is 0.529. The van der Waals surface area contributed by atoms with E-state index in [0.717, 1.165) is 0 Å². The number of hydrogen-bond acceptors (Lipinski definition) is 1. The average molecular weight is 245 g/mol. The van der Waals surface area contributed by atoms with Gasteiger partial charge in [-0.2, -0.15) is 0 Å². The van der Waals surface area contributed by atoms with Crippen molar-refractivity contribution < 1.29 is 0 Å². The van der Waals surface area contributed by atoms with Gasteiger partial charge in [-0.25, -0.2) is 0 Å². The molecule has 0 aliphatic carbocycles. The molecule has 0 bridgehead atoms. The van der Waals surface area contributed by atoms with Crippen molar-refractivity contribution in [3.05, 3.63) is 35.4 Å². The smallest absolute Gasteiger partial charge is 0.0440 e. The Morgan fingerprint density at radius 1 is 1.11 bits per heavy atom. The second kappa shape index (κ2) is 4.79. The molecule has 1 aromatic rings. The summed E-state index contributed by atoms with van der Waals surface area (Å²) in [5.41, 5.74) is 5.37. The highest BCUT2D eigenvalue weighted by atomic mass is 14.8. The summed E-state index contributed by atoms with van der Waals surface area (Å²) in [5, 5.41) is 3.26. The zero-order valence-corrected chi connectivity index (χ0v) is 12.9. The van der Waals surface area contributed by atoms with E-state index < -0.39 is 0 Å². The quantitative estimate of drug-likeness (QED) is 0.790. The van der Waals surface area contributed by atoms with E-state index >= 15 is 0 Å². The normalized spacial score (nSPS) is 12.4. The summed E-state index contributed by atoms with van der Waals surface area (Å²) in [4.78, 5) is 0. The van der Waals surface area contributed by atoms with Gasteiger partial charge in [0.05, 0.1) is 0 Å². The Morgan fingerprint density at radius 3 is 2.06 bits per heavy atom. The fourth-order valence-electron chi connectivity index (χ4n) is 2.11. The molecule has 0 saturated heterocycles. The summed E-state index contributed by atoms with van der Waals surface area (Å²) in [6.07, 6.45) is 1.93. The van der Waals surface area contributed by atoms with Crippen LogP contribution in [-0.2, 0) is 5.41 Å². The van der Waals surface area contributed by atoms with E-state index in [1.165, 1.54) is 22.4 Å². The maximum Gasteiger partial charge on any atom is 0.0440 e. The van der Waals surface area contributed by atoms with Crippen LogP contribution in [0, 0.1) is 12.3 Å². The van der Waals surface area contributed by atoms with Gasteiger partial charge in [0.25, 0.3) is 0 Å². The first kappa shape index (κ1) is 14.8. The minimum Gasteiger partial charge on any atom is -0.387 e. The van der Waals surface area contributed by atoms with Crippen molar-refractivity contribution in [3.63, 3.8) is 0 Å². The lowest BCUT2D eigenvalue weighted by atomic mass is 9.65. The predicted octanol–water partition coefficient (Wildman–Crippen LogP) is 5.00. The van der Waals surface area contributed by atoms with Gasteiger partial charge in [-0.15, -0.1) is 0 Å². The predicted molar refractivity (Wildman–Crippen MR) is 83.3 cm³/mol. The molecule has 0 saturated carbocycles. The van der Waals surface area contributed by atoms with Crippen LogP contribution >= 0.6 is 0 Å². The largest absolute Gasteiger partial charge is 0.387 e. The SMILES string of the molecule is C=Cc1cc(C(C)(C)C(C)(C)C)cc(C)c1NC. The van der Waals surface area contributed by atoms with Gasteiger partial charge in [-0.1, -0.05) is 53.3 Å². The Balaban J connectivity index is 3.45. The van der Waals surface area contributed by atoms with E-state index in [9.17, 15) is 0 Å². The molecule has 0 spiro atoms. The third-order valence-electron chi connectivity index (χ3n) is 4.43. The van der Waals surface area contributed by atoms with Gasteiger partial charge < -0.3 is 5.32 Å². The maximum atomic E-state index is 3.93. The van der Waals surface area contributed by atoms with Gasteiger partial charge in [0, 0.05) is 12.7 Å². The zero-order chi connectivity index (χ0) is 14.1. The highest BCUT2D eigenvalue weighted by molar-refractivity contribution is 5.70. The van der Waals surface area contributed by atoms with Crippen LogP contribution in [0.15, 0.2) is 18.7 Å². The Kier molecular flexibility index (Phi) is 3.95. The van der Waals surface area contributed by atoms with Crippen molar-refractivity contribution in [2.24, 2.45) is 5.41 Å². The molecule has 100 valence electrons. The number of aryl methyl sites for hydroxylation is 1. The van der Waals surface area contributed by atoms with Crippen molar-refractivity contribution in [2.45, 2.75) is 47.0 Å². The van der Waals surface area contributed by atoms with Gasteiger partial charge in [-0.3, -0.25) is 0 Å². The topological polar surface area (TPSA) is 12.0 Å². The Labute approximate surface area is 112 Å². The molecule has 0 aliphatic rings. The van der Waals surface area contributed by atoms with E-state index in [4.69, 9.17) is 0 Å². The molecule has 0 aliphatic heterocycles. The lowest BCUT2D eigenvalue weighted by Gasteiger charge is -2.40. The first-order valence-corrected chi connectivity index (χ1v) is 6.60. The average Bonchev–Trinajstić information content (AvgIpc) is 2.26. The number of anilines is 1. The zero-order valence-electron chi connectivity index (χ0n) is 12.9. The first-order valence-electron chi connectivity index (χ1n) is 6.60. The van der Waals surface area contributed by atoms with Crippen molar-refractivity contribution in [3.8, 4) is 0 Å². The van der Waals surface area contributed by atoms with Gasteiger partial charge in [0.1, 0.15) is 0 Å². The second-order valence-electron chi connectivity index (χ2n) is 6.59. The molecule has 1 heteroatoms. The Bertz CT molecular complexity index is 447. The summed E-state index contributed by atoms with van der Waals surface area (Å²) < 4.78 is 0. The number of hydrogen-bond donors (Lipinski definition) is 1. The molecule has 1 rings (SSSR count). The molecule has 0 aromatic heterocycles. The highest BCUT2D eigenvalue weighted by Crippen LogP contribution is 2.42. The van der Waals surface area contributed by atoms with Crippen molar-refractivity contribution in [2.75, 3.05) is 12.4 Å². The summed E-state index contributed by atoms with van der Waals surface area (Å²) in [6.45, 7) is 17.6. The molecule has 1 aromatic carbocycles. The molecular formula is C17H27N. The summed E-state index contributed by atoms with van der Waals surface area (Å²) >= 11 is 0. The van der Waals surface area contributed by atoms with Crippen LogP contribution in [0.25, 0.3) is 6.08 Å². The molecule has 0 amide bonds. The minimum atomic E-state index is 0.127. The van der Waals surface area contributed by atoms with Gasteiger partial charge in [-0.05, 0) is 40.5 Å². The molecule has 18 heavy (non-hydrogen) atoms. The molecule has 0 heterocycles. The molecule has 0 radical (unpaired) electrons. The molecule has 0 atom stereocenters. The third-order valence-corrected chi connectivity index (χ3v) is 4.43. The number of benzene rings is 1. The van der Waals surface area contributed by atoms with Crippen molar-refractivity contribution in [1.29, 1.82) is 0 Å². The maximum absolute atomic E-state index is 3.93. The van der Waals surface area contributed by atoms with Gasteiger partial charge in [0.15, 0.2) is 0 Å². The van der Waals surface area contributed by atoms with Crippen LogP contribution in [0.5, 0.6) is 0 Å². The van der Waals surface area contributed by atoms with Gasteiger partial charge in [0.2, 0.25) is 0 Å². The monoisotopic (exact) mass is 245 g/mol. The number of nitrogens with one attached hydrogen (secondary N) is 1. The molecule has 1 nitrogen and oxygen atoms in total. The van der Waals surface area contributed by atoms with Crippen LogP contribution in [0.3, 0.4) is 0 Å². The third kappa shape index (κ3) is 2.45. The van der Waals surface area contributed by atoms with E-state index in [1.807, 2.05) is 13.1 Å². The van der Waals surface area contributed by atoms with Crippen molar-refractivity contribution in [1.82, 2.24) is 0 Å². The van der Waals surface area contributed by atoms with Crippen molar-refractivity contribution >= 4 is 11.8 Å². The fourth-order valence-corrected chi connectivity index (χ4v) is 2.11. The molecule has 0 fully saturated rings. The van der Waals surface area contributed by atoms with Crippen LogP contribution in [0.1, 0.15) is 51.3 Å². The van der Waals surface area contributed by atoms with E-state index in [-0.39, 0.29) is 10.8 Å². The van der Waals surface area contributed by atoms with E-state index in [0.29, 0.717) is 0 Å². The highest BCUT2D eigenvalue weighted by Gasteiger charge is 2.34. The van der Waals surface area contributed by atoms with Crippen LogP contribution in [-0.4, -0.2) is 7.05 Å². The molecule has 0 unspecified atom stereocenters. The lowest BCUT2D eigenvalue weighted by molar-refractivity contribution is 0.225. The van der Waals surface area contributed by atoms with Crippen LogP contribution in [0.4, 0.5) is 5.69 Å². The Hall–Kier alpha value is -1.24. The summed E-state index contributed by atoms with van der Waals surface area (Å²) in [7, 11) is 1.96.